The summed E-state index contributed by atoms with van der Waals surface area (Å²) in [5.41, 5.74) is 2.57. The summed E-state index contributed by atoms with van der Waals surface area (Å²) in [6.07, 6.45) is 3.38. The summed E-state index contributed by atoms with van der Waals surface area (Å²) < 4.78 is 11.7. The number of halogens is 1. The van der Waals surface area contributed by atoms with Crippen molar-refractivity contribution in [2.24, 2.45) is 0 Å². The highest BCUT2D eigenvalue weighted by Crippen LogP contribution is 2.35. The van der Waals surface area contributed by atoms with Crippen LogP contribution < -0.4 is 15.0 Å². The molecule has 1 aromatic heterocycles. The van der Waals surface area contributed by atoms with Crippen LogP contribution in [0.5, 0.6) is 5.75 Å². The molecule has 4 rings (SSSR count). The summed E-state index contributed by atoms with van der Waals surface area (Å²) in [7, 11) is 1.65. The lowest BCUT2D eigenvalue weighted by Crippen LogP contribution is -2.36. The van der Waals surface area contributed by atoms with Gasteiger partial charge in [-0.3, -0.25) is 4.79 Å². The third-order valence-electron chi connectivity index (χ3n) is 4.78. The topological polar surface area (TPSA) is 63.7 Å². The molecular formula is C23H22BrN3O3S. The SMILES string of the molecule is COc1ccc(-c2nc(N3CCOCC3)sc2/C=C/C(=O)Nc2ccc(Br)cc2)cc1. The Kier molecular flexibility index (Phi) is 7.01. The van der Waals surface area contributed by atoms with Crippen LogP contribution in [0.25, 0.3) is 17.3 Å². The molecule has 8 heteroatoms. The van der Waals surface area contributed by atoms with Gasteiger partial charge in [-0.15, -0.1) is 0 Å². The number of hydrogen-bond donors (Lipinski definition) is 1. The fourth-order valence-electron chi connectivity index (χ4n) is 3.15. The van der Waals surface area contributed by atoms with E-state index in [1.165, 1.54) is 0 Å². The summed E-state index contributed by atoms with van der Waals surface area (Å²) in [5.74, 6) is 0.600. The number of amides is 1. The summed E-state index contributed by atoms with van der Waals surface area (Å²) in [4.78, 5) is 20.5. The Morgan fingerprint density at radius 3 is 2.55 bits per heavy atom. The third kappa shape index (κ3) is 5.52. The van der Waals surface area contributed by atoms with Crippen molar-refractivity contribution < 1.29 is 14.3 Å². The minimum Gasteiger partial charge on any atom is -0.497 e. The Labute approximate surface area is 193 Å². The maximum atomic E-state index is 12.4. The standard InChI is InChI=1S/C23H22BrN3O3S/c1-29-19-8-2-16(3-9-19)22-20(31-23(26-22)27-12-14-30-15-13-27)10-11-21(28)25-18-6-4-17(24)5-7-18/h2-11H,12-15H2,1H3,(H,25,28)/b11-10+. The monoisotopic (exact) mass is 499 g/mol. The van der Waals surface area contributed by atoms with Crippen LogP contribution >= 0.6 is 27.3 Å². The number of nitrogens with one attached hydrogen (secondary N) is 1. The van der Waals surface area contributed by atoms with Crippen LogP contribution in [0.3, 0.4) is 0 Å². The molecule has 6 nitrogen and oxygen atoms in total. The van der Waals surface area contributed by atoms with Crippen molar-refractivity contribution in [2.45, 2.75) is 0 Å². The Morgan fingerprint density at radius 1 is 1.16 bits per heavy atom. The van der Waals surface area contributed by atoms with E-state index < -0.39 is 0 Å². The molecule has 160 valence electrons. The van der Waals surface area contributed by atoms with Gasteiger partial charge in [-0.1, -0.05) is 27.3 Å². The van der Waals surface area contributed by atoms with Crippen LogP contribution in [-0.2, 0) is 9.53 Å². The van der Waals surface area contributed by atoms with E-state index in [1.54, 1.807) is 24.5 Å². The van der Waals surface area contributed by atoms with Crippen molar-refractivity contribution in [3.8, 4) is 17.0 Å². The molecule has 1 fully saturated rings. The molecule has 1 aliphatic heterocycles. The van der Waals surface area contributed by atoms with E-state index in [2.05, 4.69) is 26.1 Å². The molecule has 0 spiro atoms. The molecule has 2 heterocycles. The number of benzene rings is 2. The van der Waals surface area contributed by atoms with Gasteiger partial charge in [-0.2, -0.15) is 0 Å². The number of anilines is 2. The van der Waals surface area contributed by atoms with Crippen molar-refractivity contribution >= 4 is 50.1 Å². The molecule has 1 aliphatic rings. The predicted molar refractivity (Wildman–Crippen MR) is 129 cm³/mol. The zero-order chi connectivity index (χ0) is 21.6. The molecule has 0 saturated carbocycles. The largest absolute Gasteiger partial charge is 0.497 e. The number of aromatic nitrogens is 1. The van der Waals surface area contributed by atoms with E-state index in [0.29, 0.717) is 13.2 Å². The first-order chi connectivity index (χ1) is 15.1. The molecule has 1 saturated heterocycles. The number of carbonyl (C=O) groups excluding carboxylic acids is 1. The van der Waals surface area contributed by atoms with Crippen molar-refractivity contribution in [3.05, 3.63) is 64.0 Å². The first-order valence-corrected chi connectivity index (χ1v) is 11.5. The lowest BCUT2D eigenvalue weighted by molar-refractivity contribution is -0.111. The Bertz CT molecular complexity index is 1060. The average molecular weight is 500 g/mol. The third-order valence-corrected chi connectivity index (χ3v) is 6.40. The van der Waals surface area contributed by atoms with E-state index in [9.17, 15) is 4.79 Å². The summed E-state index contributed by atoms with van der Waals surface area (Å²) >= 11 is 4.97. The second-order valence-electron chi connectivity index (χ2n) is 6.87. The van der Waals surface area contributed by atoms with Gasteiger partial charge in [-0.05, 0) is 54.6 Å². The molecule has 31 heavy (non-hydrogen) atoms. The van der Waals surface area contributed by atoms with Crippen LogP contribution in [-0.4, -0.2) is 44.3 Å². The number of methoxy groups -OCH3 is 1. The molecule has 0 radical (unpaired) electrons. The van der Waals surface area contributed by atoms with Crippen LogP contribution in [0.2, 0.25) is 0 Å². The molecule has 1 N–H and O–H groups in total. The number of carbonyl (C=O) groups is 1. The Morgan fingerprint density at radius 2 is 1.87 bits per heavy atom. The van der Waals surface area contributed by atoms with Crippen molar-refractivity contribution in [1.82, 2.24) is 4.98 Å². The maximum absolute atomic E-state index is 12.4. The fourth-order valence-corrected chi connectivity index (χ4v) is 4.45. The maximum Gasteiger partial charge on any atom is 0.248 e. The number of rotatable bonds is 6. The van der Waals surface area contributed by atoms with Gasteiger partial charge in [0.1, 0.15) is 5.75 Å². The number of nitrogens with zero attached hydrogens (tertiary/aromatic N) is 2. The van der Waals surface area contributed by atoms with Crippen LogP contribution in [0.1, 0.15) is 4.88 Å². The smallest absolute Gasteiger partial charge is 0.248 e. The van der Waals surface area contributed by atoms with Gasteiger partial charge in [0.05, 0.1) is 30.9 Å². The molecule has 0 bridgehead atoms. The van der Waals surface area contributed by atoms with Gasteiger partial charge in [-0.25, -0.2) is 4.98 Å². The van der Waals surface area contributed by atoms with Crippen molar-refractivity contribution in [2.75, 3.05) is 43.6 Å². The molecule has 3 aromatic rings. The molecular weight excluding hydrogens is 478 g/mol. The van der Waals surface area contributed by atoms with Crippen LogP contribution in [0.4, 0.5) is 10.8 Å². The lowest BCUT2D eigenvalue weighted by atomic mass is 10.1. The van der Waals surface area contributed by atoms with Gasteiger partial charge in [0, 0.05) is 34.9 Å². The summed E-state index contributed by atoms with van der Waals surface area (Å²) in [6.45, 7) is 3.00. The lowest BCUT2D eigenvalue weighted by Gasteiger charge is -2.26. The van der Waals surface area contributed by atoms with Gasteiger partial charge in [0.25, 0.3) is 0 Å². The van der Waals surface area contributed by atoms with Crippen molar-refractivity contribution in [1.29, 1.82) is 0 Å². The van der Waals surface area contributed by atoms with Gasteiger partial charge in [0.2, 0.25) is 5.91 Å². The minimum absolute atomic E-state index is 0.190. The number of hydrogen-bond acceptors (Lipinski definition) is 6. The predicted octanol–water partition coefficient (Wildman–Crippen LogP) is 5.07. The normalized spacial score (nSPS) is 14.1. The number of ether oxygens (including phenoxy) is 2. The highest BCUT2D eigenvalue weighted by atomic mass is 79.9. The van der Waals surface area contributed by atoms with Gasteiger partial charge < -0.3 is 19.7 Å². The average Bonchev–Trinajstić information content (AvgIpc) is 3.24. The second-order valence-corrected chi connectivity index (χ2v) is 8.79. The Balaban J connectivity index is 1.59. The quantitative estimate of drug-likeness (QED) is 0.479. The van der Waals surface area contributed by atoms with E-state index >= 15 is 0 Å². The van der Waals surface area contributed by atoms with Crippen molar-refractivity contribution in [3.63, 3.8) is 0 Å². The zero-order valence-corrected chi connectivity index (χ0v) is 19.4. The Hall–Kier alpha value is -2.68. The van der Waals surface area contributed by atoms with E-state index in [4.69, 9.17) is 14.5 Å². The second kappa shape index (κ2) is 10.1. The number of morpholine rings is 1. The number of thiazole rings is 1. The molecule has 2 aromatic carbocycles. The van der Waals surface area contributed by atoms with E-state index in [-0.39, 0.29) is 5.91 Å². The molecule has 0 unspecified atom stereocenters. The molecule has 1 amide bonds. The fraction of sp³-hybridized carbons (Fsp3) is 0.217. The summed E-state index contributed by atoms with van der Waals surface area (Å²) in [6, 6.07) is 15.3. The highest BCUT2D eigenvalue weighted by molar-refractivity contribution is 9.10. The first-order valence-electron chi connectivity index (χ1n) is 9.85. The van der Waals surface area contributed by atoms with Crippen LogP contribution in [0, 0.1) is 0 Å². The zero-order valence-electron chi connectivity index (χ0n) is 17.0. The van der Waals surface area contributed by atoms with E-state index in [1.807, 2.05) is 54.6 Å². The van der Waals surface area contributed by atoms with Crippen LogP contribution in [0.15, 0.2) is 59.1 Å². The highest BCUT2D eigenvalue weighted by Gasteiger charge is 2.18. The van der Waals surface area contributed by atoms with Gasteiger partial charge >= 0.3 is 0 Å². The first kappa shape index (κ1) is 21.5. The van der Waals surface area contributed by atoms with E-state index in [0.717, 1.165) is 50.3 Å². The summed E-state index contributed by atoms with van der Waals surface area (Å²) in [5, 5.41) is 3.81. The molecule has 0 atom stereocenters. The molecule has 0 aliphatic carbocycles. The minimum atomic E-state index is -0.190. The van der Waals surface area contributed by atoms with Gasteiger partial charge in [0.15, 0.2) is 5.13 Å².